The molecule has 0 amide bonds. The molecular formula is C22H23ClFNO4. The van der Waals surface area contributed by atoms with Gasteiger partial charge in [0.15, 0.2) is 17.4 Å². The minimum atomic E-state index is -1.08. The third-order valence-corrected chi connectivity index (χ3v) is 5.22. The molecule has 154 valence electrons. The van der Waals surface area contributed by atoms with E-state index < -0.39 is 22.9 Å². The van der Waals surface area contributed by atoms with Crippen molar-refractivity contribution < 1.29 is 23.5 Å². The lowest BCUT2D eigenvalue weighted by Gasteiger charge is -2.43. The molecule has 0 atom stereocenters. The maximum Gasteiger partial charge on any atom is 0.255 e. The maximum absolute atomic E-state index is 14.0. The van der Waals surface area contributed by atoms with E-state index >= 15 is 0 Å². The summed E-state index contributed by atoms with van der Waals surface area (Å²) in [5.74, 6) is -2.03. The van der Waals surface area contributed by atoms with Crippen molar-refractivity contribution in [2.75, 3.05) is 0 Å². The summed E-state index contributed by atoms with van der Waals surface area (Å²) < 4.78 is 25.3. The van der Waals surface area contributed by atoms with Gasteiger partial charge in [-0.3, -0.25) is 9.59 Å². The Morgan fingerprint density at radius 3 is 2.31 bits per heavy atom. The van der Waals surface area contributed by atoms with Gasteiger partial charge in [0.1, 0.15) is 22.9 Å². The third-order valence-electron chi connectivity index (χ3n) is 5.02. The third kappa shape index (κ3) is 4.05. The summed E-state index contributed by atoms with van der Waals surface area (Å²) in [5.41, 5.74) is -0.794. The number of hydrogen-bond donors (Lipinski definition) is 0. The second-order valence-corrected chi connectivity index (χ2v) is 8.48. The number of aryl methyl sites for hydroxylation is 1. The van der Waals surface area contributed by atoms with E-state index in [2.05, 4.69) is 4.98 Å². The average molecular weight is 420 g/mol. The van der Waals surface area contributed by atoms with Crippen LogP contribution in [0.4, 0.5) is 4.39 Å². The first-order chi connectivity index (χ1) is 13.5. The van der Waals surface area contributed by atoms with Gasteiger partial charge in [0.05, 0.1) is 5.02 Å². The quantitative estimate of drug-likeness (QED) is 0.649. The van der Waals surface area contributed by atoms with Gasteiger partial charge in [0.2, 0.25) is 0 Å². The number of hydrogen-bond acceptors (Lipinski definition) is 5. The highest BCUT2D eigenvalue weighted by molar-refractivity contribution is 6.30. The predicted octanol–water partition coefficient (Wildman–Crippen LogP) is 5.04. The Bertz CT molecular complexity index is 961. The zero-order chi connectivity index (χ0) is 21.6. The second kappa shape index (κ2) is 7.50. The molecule has 1 fully saturated rings. The van der Waals surface area contributed by atoms with Gasteiger partial charge in [-0.25, -0.2) is 9.37 Å². The highest BCUT2D eigenvalue weighted by atomic mass is 35.5. The van der Waals surface area contributed by atoms with Crippen molar-refractivity contribution in [1.82, 2.24) is 4.98 Å². The molecule has 3 rings (SSSR count). The van der Waals surface area contributed by atoms with Crippen molar-refractivity contribution >= 4 is 23.2 Å². The predicted molar refractivity (Wildman–Crippen MR) is 107 cm³/mol. The molecule has 1 aromatic heterocycles. The summed E-state index contributed by atoms with van der Waals surface area (Å²) in [4.78, 5) is 29.9. The van der Waals surface area contributed by atoms with E-state index in [1.165, 1.54) is 6.20 Å². The summed E-state index contributed by atoms with van der Waals surface area (Å²) >= 11 is 5.72. The van der Waals surface area contributed by atoms with Crippen LogP contribution < -0.4 is 4.74 Å². The summed E-state index contributed by atoms with van der Waals surface area (Å²) in [6.07, 6.45) is 1.85. The zero-order valence-electron chi connectivity index (χ0n) is 17.0. The van der Waals surface area contributed by atoms with Crippen LogP contribution in [0.25, 0.3) is 0 Å². The number of ketones is 2. The Morgan fingerprint density at radius 1 is 1.14 bits per heavy atom. The number of carbonyl (C=O) groups is 2. The van der Waals surface area contributed by atoms with E-state index in [1.54, 1.807) is 45.9 Å². The first kappa shape index (κ1) is 21.4. The van der Waals surface area contributed by atoms with E-state index in [0.29, 0.717) is 17.7 Å². The second-order valence-electron chi connectivity index (χ2n) is 8.04. The van der Waals surface area contributed by atoms with Gasteiger partial charge >= 0.3 is 0 Å². The number of carbonyl (C=O) groups excluding carboxylic acids is 2. The lowest BCUT2D eigenvalue weighted by molar-refractivity contribution is -0.184. The van der Waals surface area contributed by atoms with Crippen molar-refractivity contribution in [1.29, 1.82) is 0 Å². The van der Waals surface area contributed by atoms with Gasteiger partial charge in [-0.1, -0.05) is 24.6 Å². The molecule has 1 aliphatic heterocycles. The Morgan fingerprint density at radius 2 is 1.76 bits per heavy atom. The molecule has 0 aliphatic carbocycles. The Kier molecular flexibility index (Phi) is 5.54. The van der Waals surface area contributed by atoms with Gasteiger partial charge < -0.3 is 9.47 Å². The molecule has 0 spiro atoms. The van der Waals surface area contributed by atoms with Gasteiger partial charge in [-0.15, -0.1) is 0 Å². The number of pyridine rings is 1. The van der Waals surface area contributed by atoms with E-state index in [4.69, 9.17) is 21.1 Å². The average Bonchev–Trinajstić information content (AvgIpc) is 2.63. The molecule has 1 aliphatic rings. The smallest absolute Gasteiger partial charge is 0.255 e. The highest BCUT2D eigenvalue weighted by Gasteiger charge is 2.53. The molecule has 5 nitrogen and oxygen atoms in total. The van der Waals surface area contributed by atoms with Gasteiger partial charge in [-0.05, 0) is 63.4 Å². The van der Waals surface area contributed by atoms with Gasteiger partial charge in [-0.2, -0.15) is 0 Å². The Hall–Kier alpha value is -2.31. The van der Waals surface area contributed by atoms with Crippen LogP contribution in [0.2, 0.25) is 5.02 Å². The largest absolute Gasteiger partial charge is 0.436 e. The zero-order valence-corrected chi connectivity index (χ0v) is 17.8. The minimum absolute atomic E-state index is 0.168. The fourth-order valence-corrected chi connectivity index (χ4v) is 3.80. The van der Waals surface area contributed by atoms with E-state index in [9.17, 15) is 14.0 Å². The molecule has 0 radical (unpaired) electrons. The fraction of sp³-hybridized carbons (Fsp3) is 0.409. The normalized spacial score (nSPS) is 18.7. The number of nitrogens with zero attached hydrogens (tertiary/aromatic N) is 1. The summed E-state index contributed by atoms with van der Waals surface area (Å²) in [6, 6.07) is 6.09. The molecular weight excluding hydrogens is 397 g/mol. The van der Waals surface area contributed by atoms with Crippen LogP contribution in [0.5, 0.6) is 11.6 Å². The molecule has 1 saturated heterocycles. The van der Waals surface area contributed by atoms with Crippen LogP contribution >= 0.6 is 11.6 Å². The summed E-state index contributed by atoms with van der Waals surface area (Å²) in [5, 5.41) is 0.168. The number of ether oxygens (including phenoxy) is 2. The van der Waals surface area contributed by atoms with Crippen molar-refractivity contribution in [2.45, 2.75) is 58.2 Å². The number of rotatable bonds is 4. The molecule has 0 bridgehead atoms. The molecule has 29 heavy (non-hydrogen) atoms. The van der Waals surface area contributed by atoms with E-state index in [-0.39, 0.29) is 22.5 Å². The lowest BCUT2D eigenvalue weighted by Crippen LogP contribution is -2.58. The SMILES string of the molecule is CCc1cc(Oc2ncc(Cl)cc2F)ccc1C1C(=O)C(C)(C)OC(C)(C)C1=O. The number of Topliss-reactive ketones (excluding diaryl/α,β-unsaturated/α-hetero) is 2. The van der Waals surface area contributed by atoms with Crippen molar-refractivity contribution in [3.63, 3.8) is 0 Å². The molecule has 0 saturated carbocycles. The lowest BCUT2D eigenvalue weighted by atomic mass is 9.74. The van der Waals surface area contributed by atoms with Crippen molar-refractivity contribution in [3.8, 4) is 11.6 Å². The molecule has 0 N–H and O–H groups in total. The van der Waals surface area contributed by atoms with Gasteiger partial charge in [0.25, 0.3) is 5.88 Å². The van der Waals surface area contributed by atoms with Crippen LogP contribution in [0, 0.1) is 5.82 Å². The number of aromatic nitrogens is 1. The summed E-state index contributed by atoms with van der Waals surface area (Å²) in [7, 11) is 0. The number of benzene rings is 1. The van der Waals surface area contributed by atoms with Crippen molar-refractivity contribution in [3.05, 3.63) is 52.4 Å². The topological polar surface area (TPSA) is 65.5 Å². The van der Waals surface area contributed by atoms with Crippen LogP contribution in [-0.2, 0) is 20.7 Å². The van der Waals surface area contributed by atoms with E-state index in [0.717, 1.165) is 11.6 Å². The molecule has 0 unspecified atom stereocenters. The van der Waals surface area contributed by atoms with Crippen LogP contribution in [0.15, 0.2) is 30.5 Å². The molecule has 7 heteroatoms. The standard InChI is InChI=1S/C22H23ClFNO4/c1-6-12-9-14(28-20-16(24)10-13(23)11-25-20)7-8-15(12)17-18(26)21(2,3)29-22(4,5)19(17)27/h7-11,17H,6H2,1-5H3. The molecule has 2 heterocycles. The van der Waals surface area contributed by atoms with E-state index in [1.807, 2.05) is 6.92 Å². The van der Waals surface area contributed by atoms with Crippen LogP contribution in [0.1, 0.15) is 51.7 Å². The Balaban J connectivity index is 2.00. The first-order valence-corrected chi connectivity index (χ1v) is 9.74. The molecule has 1 aromatic carbocycles. The highest BCUT2D eigenvalue weighted by Crippen LogP contribution is 2.40. The number of halogens is 2. The maximum atomic E-state index is 14.0. The van der Waals surface area contributed by atoms with Crippen LogP contribution in [0.3, 0.4) is 0 Å². The van der Waals surface area contributed by atoms with Gasteiger partial charge in [0, 0.05) is 6.20 Å². The van der Waals surface area contributed by atoms with Crippen molar-refractivity contribution in [2.24, 2.45) is 0 Å². The molecule has 2 aromatic rings. The monoisotopic (exact) mass is 419 g/mol. The Labute approximate surface area is 174 Å². The fourth-order valence-electron chi connectivity index (χ4n) is 3.66. The summed E-state index contributed by atoms with van der Waals surface area (Å²) in [6.45, 7) is 8.61. The van der Waals surface area contributed by atoms with Crippen LogP contribution in [-0.4, -0.2) is 27.8 Å². The minimum Gasteiger partial charge on any atom is -0.436 e. The first-order valence-electron chi connectivity index (χ1n) is 9.37.